The zero-order chi connectivity index (χ0) is 13.1. The summed E-state index contributed by atoms with van der Waals surface area (Å²) in [6, 6.07) is 1.05. The molecule has 2 unspecified atom stereocenters. The van der Waals surface area contributed by atoms with Crippen molar-refractivity contribution in [3.8, 4) is 0 Å². The number of hydrogen-bond donors (Lipinski definition) is 1. The Morgan fingerprint density at radius 3 is 2.89 bits per heavy atom. The first-order chi connectivity index (χ1) is 8.60. The molecule has 1 aliphatic rings. The minimum absolute atomic E-state index is 0.366. The largest absolute Gasteiger partial charge is 0.312 e. The van der Waals surface area contributed by atoms with Crippen LogP contribution in [0, 0.1) is 5.92 Å². The van der Waals surface area contributed by atoms with E-state index in [2.05, 4.69) is 36.4 Å². The maximum atomic E-state index is 4.75. The van der Waals surface area contributed by atoms with Gasteiger partial charge in [-0.15, -0.1) is 11.3 Å². The summed E-state index contributed by atoms with van der Waals surface area (Å²) in [5.41, 5.74) is 1.19. The number of nitrogens with zero attached hydrogens (tertiary/aromatic N) is 2. The molecule has 0 aliphatic carbocycles. The Morgan fingerprint density at radius 1 is 1.50 bits per heavy atom. The fraction of sp³-hybridized carbons (Fsp3) is 0.786. The average Bonchev–Trinajstić information content (AvgIpc) is 2.98. The number of thiazole rings is 1. The first-order valence-corrected chi connectivity index (χ1v) is 7.83. The summed E-state index contributed by atoms with van der Waals surface area (Å²) < 4.78 is 0. The summed E-state index contributed by atoms with van der Waals surface area (Å²) in [5.74, 6) is 0.802. The fourth-order valence-electron chi connectivity index (χ4n) is 2.51. The molecule has 0 aromatic carbocycles. The molecule has 2 rings (SSSR count). The van der Waals surface area contributed by atoms with Crippen molar-refractivity contribution in [1.29, 1.82) is 0 Å². The van der Waals surface area contributed by atoms with Gasteiger partial charge in [0.15, 0.2) is 0 Å². The van der Waals surface area contributed by atoms with Gasteiger partial charge in [0.1, 0.15) is 0 Å². The van der Waals surface area contributed by atoms with Crippen LogP contribution in [0.25, 0.3) is 0 Å². The van der Waals surface area contributed by atoms with Crippen LogP contribution >= 0.6 is 11.3 Å². The Labute approximate surface area is 115 Å². The molecule has 1 N–H and O–H groups in total. The predicted octanol–water partition coefficient (Wildman–Crippen LogP) is 2.70. The van der Waals surface area contributed by atoms with Crippen molar-refractivity contribution in [2.24, 2.45) is 5.92 Å². The molecule has 3 nitrogen and oxygen atoms in total. The van der Waals surface area contributed by atoms with E-state index >= 15 is 0 Å². The highest BCUT2D eigenvalue weighted by molar-refractivity contribution is 7.09. The van der Waals surface area contributed by atoms with Gasteiger partial charge < -0.3 is 10.2 Å². The SMILES string of the molecule is CNC(C)c1csc(CC2CCN(C(C)C)C2)n1. The van der Waals surface area contributed by atoms with Crippen molar-refractivity contribution in [2.45, 2.75) is 45.7 Å². The van der Waals surface area contributed by atoms with Crippen molar-refractivity contribution in [2.75, 3.05) is 20.1 Å². The van der Waals surface area contributed by atoms with Crippen molar-refractivity contribution in [1.82, 2.24) is 15.2 Å². The third kappa shape index (κ3) is 3.31. The van der Waals surface area contributed by atoms with Gasteiger partial charge in [0, 0.05) is 30.4 Å². The summed E-state index contributed by atoms with van der Waals surface area (Å²) in [6.07, 6.45) is 2.49. The molecule has 1 aromatic rings. The van der Waals surface area contributed by atoms with Gasteiger partial charge in [-0.3, -0.25) is 0 Å². The van der Waals surface area contributed by atoms with E-state index in [1.54, 1.807) is 0 Å². The van der Waals surface area contributed by atoms with Gasteiger partial charge in [-0.2, -0.15) is 0 Å². The maximum Gasteiger partial charge on any atom is 0.0932 e. The minimum atomic E-state index is 0.366. The Balaban J connectivity index is 1.89. The standard InChI is InChI=1S/C14H25N3S/c1-10(2)17-6-5-12(8-17)7-14-16-13(9-18-14)11(3)15-4/h9-12,15H,5-8H2,1-4H3. The zero-order valence-electron chi connectivity index (χ0n) is 11.9. The molecule has 4 heteroatoms. The van der Waals surface area contributed by atoms with Crippen molar-refractivity contribution >= 4 is 11.3 Å². The number of rotatable bonds is 5. The molecule has 0 bridgehead atoms. The Morgan fingerprint density at radius 2 is 2.28 bits per heavy atom. The van der Waals surface area contributed by atoms with E-state index in [4.69, 9.17) is 4.98 Å². The highest BCUT2D eigenvalue weighted by Gasteiger charge is 2.25. The lowest BCUT2D eigenvalue weighted by atomic mass is 10.1. The average molecular weight is 267 g/mol. The summed E-state index contributed by atoms with van der Waals surface area (Å²) in [4.78, 5) is 7.33. The molecule has 1 aromatic heterocycles. The molecule has 1 fully saturated rings. The van der Waals surface area contributed by atoms with E-state index in [0.29, 0.717) is 12.1 Å². The van der Waals surface area contributed by atoms with Gasteiger partial charge in [-0.1, -0.05) is 0 Å². The van der Waals surface area contributed by atoms with E-state index < -0.39 is 0 Å². The first-order valence-electron chi connectivity index (χ1n) is 6.95. The molecule has 18 heavy (non-hydrogen) atoms. The fourth-order valence-corrected chi connectivity index (χ4v) is 3.51. The van der Waals surface area contributed by atoms with Gasteiger partial charge >= 0.3 is 0 Å². The molecule has 2 heterocycles. The van der Waals surface area contributed by atoms with Gasteiger partial charge in [-0.05, 0) is 46.7 Å². The van der Waals surface area contributed by atoms with Crippen molar-refractivity contribution < 1.29 is 0 Å². The number of aromatic nitrogens is 1. The van der Waals surface area contributed by atoms with Crippen molar-refractivity contribution in [3.05, 3.63) is 16.1 Å². The molecule has 2 atom stereocenters. The quantitative estimate of drug-likeness (QED) is 0.889. The molecular formula is C14H25N3S. The summed E-state index contributed by atoms with van der Waals surface area (Å²) >= 11 is 1.82. The highest BCUT2D eigenvalue weighted by Crippen LogP contribution is 2.25. The molecule has 1 aliphatic heterocycles. The van der Waals surface area contributed by atoms with Gasteiger partial charge in [-0.25, -0.2) is 4.98 Å². The third-order valence-corrected chi connectivity index (χ3v) is 4.85. The van der Waals surface area contributed by atoms with Crippen LogP contribution in [0.15, 0.2) is 5.38 Å². The molecule has 0 spiro atoms. The van der Waals surface area contributed by atoms with Gasteiger partial charge in [0.05, 0.1) is 10.7 Å². The van der Waals surface area contributed by atoms with Crippen LogP contribution in [-0.4, -0.2) is 36.1 Å². The second-order valence-electron chi connectivity index (χ2n) is 5.62. The predicted molar refractivity (Wildman–Crippen MR) is 78.1 cm³/mol. The van der Waals surface area contributed by atoms with Crippen LogP contribution in [0.1, 0.15) is 43.9 Å². The Bertz CT molecular complexity index is 375. The molecular weight excluding hydrogens is 242 g/mol. The van der Waals surface area contributed by atoms with Crippen LogP contribution in [0.4, 0.5) is 0 Å². The van der Waals surface area contributed by atoms with Gasteiger partial charge in [0.2, 0.25) is 0 Å². The minimum Gasteiger partial charge on any atom is -0.312 e. The van der Waals surface area contributed by atoms with E-state index in [0.717, 1.165) is 12.3 Å². The smallest absolute Gasteiger partial charge is 0.0932 e. The van der Waals surface area contributed by atoms with E-state index in [9.17, 15) is 0 Å². The zero-order valence-corrected chi connectivity index (χ0v) is 12.8. The second-order valence-corrected chi connectivity index (χ2v) is 6.57. The lowest BCUT2D eigenvalue weighted by Gasteiger charge is -2.19. The van der Waals surface area contributed by atoms with E-state index in [-0.39, 0.29) is 0 Å². The number of likely N-dealkylation sites (tertiary alicyclic amines) is 1. The second kappa shape index (κ2) is 6.13. The van der Waals surface area contributed by atoms with Crippen LogP contribution in [0.3, 0.4) is 0 Å². The number of nitrogens with one attached hydrogen (secondary N) is 1. The number of hydrogen-bond acceptors (Lipinski definition) is 4. The monoisotopic (exact) mass is 267 g/mol. The van der Waals surface area contributed by atoms with Crippen LogP contribution < -0.4 is 5.32 Å². The highest BCUT2D eigenvalue weighted by atomic mass is 32.1. The third-order valence-electron chi connectivity index (χ3n) is 3.96. The van der Waals surface area contributed by atoms with Crippen LogP contribution in [-0.2, 0) is 6.42 Å². The molecule has 1 saturated heterocycles. The molecule has 102 valence electrons. The molecule has 0 saturated carbocycles. The first kappa shape index (κ1) is 14.0. The summed E-state index contributed by atoms with van der Waals surface area (Å²) in [5, 5.41) is 6.75. The maximum absolute atomic E-state index is 4.75. The van der Waals surface area contributed by atoms with Crippen molar-refractivity contribution in [3.63, 3.8) is 0 Å². The van der Waals surface area contributed by atoms with Crippen LogP contribution in [0.2, 0.25) is 0 Å². The normalized spacial score (nSPS) is 22.8. The topological polar surface area (TPSA) is 28.2 Å². The lowest BCUT2D eigenvalue weighted by molar-refractivity contribution is 0.265. The summed E-state index contributed by atoms with van der Waals surface area (Å²) in [6.45, 7) is 9.24. The van der Waals surface area contributed by atoms with E-state index in [1.165, 1.54) is 30.2 Å². The Hall–Kier alpha value is -0.450. The summed E-state index contributed by atoms with van der Waals surface area (Å²) in [7, 11) is 1.99. The molecule has 0 amide bonds. The molecule has 0 radical (unpaired) electrons. The van der Waals surface area contributed by atoms with E-state index in [1.807, 2.05) is 18.4 Å². The Kier molecular flexibility index (Phi) is 4.76. The van der Waals surface area contributed by atoms with Gasteiger partial charge in [0.25, 0.3) is 0 Å². The van der Waals surface area contributed by atoms with Crippen LogP contribution in [0.5, 0.6) is 0 Å². The lowest BCUT2D eigenvalue weighted by Crippen LogP contribution is -2.28.